The molecule has 49 heteroatoms. The second-order valence-corrected chi connectivity index (χ2v) is 28.8. The molecule has 0 saturated carbocycles. The van der Waals surface area contributed by atoms with Crippen LogP contribution in [0.15, 0.2) is 24.3 Å². The van der Waals surface area contributed by atoms with Gasteiger partial charge >= 0.3 is 35.8 Å². The zero-order chi connectivity index (χ0) is 88.3. The predicted molar refractivity (Wildman–Crippen MR) is 415 cm³/mol. The van der Waals surface area contributed by atoms with Gasteiger partial charge in [-0.15, -0.1) is 0 Å². The zero-order valence-corrected chi connectivity index (χ0v) is 72.6. The van der Waals surface area contributed by atoms with Crippen molar-refractivity contribution >= 4 is 100 Å². The Hall–Kier alpha value is -6.44. The van der Waals surface area contributed by atoms with E-state index >= 15 is 0 Å². The summed E-state index contributed by atoms with van der Waals surface area (Å²) in [5, 5.41) is 132. The summed E-state index contributed by atoms with van der Waals surface area (Å²) < 4.78 is 22.9. The van der Waals surface area contributed by atoms with Crippen LogP contribution in [0.1, 0.15) is 46.0 Å². The smallest absolute Gasteiger partial charge is 0.317 e. The zero-order valence-electron chi connectivity index (χ0n) is 68.1. The molecule has 0 aromatic heterocycles. The molecule has 20 N–H and O–H groups in total. The molecule has 0 radical (unpaired) electrons. The van der Waals surface area contributed by atoms with Crippen molar-refractivity contribution in [1.82, 2.24) is 76.4 Å². The Kier molecular flexibility index (Phi) is 55.1. The average Bonchev–Trinajstić information content (AvgIpc) is 0.804. The number of carbonyl (C=O) groups excluding carboxylic acids is 9. The number of ketones is 2. The predicted octanol–water partition coefficient (Wildman–Crippen LogP) is -10.1. The van der Waals surface area contributed by atoms with E-state index in [1.165, 1.54) is 52.2 Å². The Morgan fingerprint density at radius 1 is 0.430 bits per heavy atom. The molecule has 121 heavy (non-hydrogen) atoms. The summed E-state index contributed by atoms with van der Waals surface area (Å²) in [5.74, 6) is -11.4. The number of hydrogen-bond donors (Lipinski definition) is 20. The van der Waals surface area contributed by atoms with Gasteiger partial charge in [0, 0.05) is 241 Å². The number of nitrogens with one attached hydrogen (secondary N) is 9. The molecular formula is C72H119Gd2N17O30. The molecule has 4 aliphatic heterocycles. The van der Waals surface area contributed by atoms with Crippen LogP contribution in [0.25, 0.3) is 0 Å². The third kappa shape index (κ3) is 45.9. The van der Waals surface area contributed by atoms with E-state index in [0.29, 0.717) is 51.5 Å². The fraction of sp³-hybridized carbons (Fsp3) is 0.708. The normalized spacial score (nSPS) is 22.4. The molecule has 0 bridgehead atoms. The number of carboxylic acids is 6. The van der Waals surface area contributed by atoms with Crippen molar-refractivity contribution < 1.29 is 227 Å². The maximum atomic E-state index is 13.3. The number of hydrogen-bond acceptors (Lipinski definition) is 34. The molecule has 11 unspecified atom stereocenters. The number of aliphatic hydroxyl groups excluding tert-OH is 5. The van der Waals surface area contributed by atoms with E-state index in [4.69, 9.17) is 18.9 Å². The van der Waals surface area contributed by atoms with Gasteiger partial charge in [0.25, 0.3) is 5.91 Å². The summed E-state index contributed by atoms with van der Waals surface area (Å²) in [7, 11) is 3.04. The molecule has 1 aromatic rings. The minimum absolute atomic E-state index is 0. The Labute approximate surface area is 763 Å². The van der Waals surface area contributed by atoms with E-state index < -0.39 is 164 Å². The summed E-state index contributed by atoms with van der Waals surface area (Å²) >= 11 is 0. The number of anilines is 2. The standard InChI is InChI=1S/C39H61N9O16.C33H58N8O14.2Gd/c1-24(49)19-41-28(50)8-7-27(40-2)37(61)42-20-29(51)43-25-3-5-26(6-4-25)44-38(62)36-34(59)33(58)35(60)39(64-36)63-18-17-45-9-11-46(21-30(52)53)13-15-48(23-32(56)57)16-14-47(12-10-45)22-31(54)55;1-22(43)16-35-25(44)4-3-24(34-2)32(52)36-17-26(45)37-31-23(21-42)15-30(55-33(31)53)54-14-13-38-5-7-39(18-27(46)47)9-11-41(20-29(50)51)12-10-40(8-6-38)19-28(48)49;;/h3-6,27,33-36,39-40,58-60H,7-23H2,1-2H3,(H,41,50)(H,42,61)(H,43,51)(H,44,62)(H,52,53)(H,54,55)(H,56,57);23-24,30-31,33-34,42,53H,3-21H2,1-2H3,(H,35,44)(H,36,52)(H,37,45)(H,46,47)(H,48,49)(H,50,51);;. The molecule has 0 aliphatic carbocycles. The number of benzene rings is 1. The monoisotopic (exact) mass is 2020 g/mol. The number of carboxylic acid groups (broad SMARTS) is 6. The molecule has 0 spiro atoms. The summed E-state index contributed by atoms with van der Waals surface area (Å²) in [6.07, 6.45) is -11.0. The van der Waals surface area contributed by atoms with Crippen LogP contribution in [0.2, 0.25) is 0 Å². The quantitative estimate of drug-likeness (QED) is 0.0289. The second-order valence-electron chi connectivity index (χ2n) is 28.8. The molecule has 688 valence electrons. The number of aliphatic hydroxyl groups is 5. The van der Waals surface area contributed by atoms with Crippen molar-refractivity contribution in [2.24, 2.45) is 5.92 Å². The molecule has 7 amide bonds. The molecule has 4 heterocycles. The van der Waals surface area contributed by atoms with Crippen LogP contribution in [-0.4, -0.2) is 463 Å². The van der Waals surface area contributed by atoms with E-state index in [9.17, 15) is 128 Å². The van der Waals surface area contributed by atoms with E-state index in [1.807, 2.05) is 9.80 Å². The van der Waals surface area contributed by atoms with E-state index in [1.54, 1.807) is 29.4 Å². The van der Waals surface area contributed by atoms with Gasteiger partial charge in [-0.3, -0.25) is 111 Å². The van der Waals surface area contributed by atoms with Crippen molar-refractivity contribution in [3.05, 3.63) is 24.3 Å². The number of aliphatic carboxylic acids is 6. The molecule has 4 saturated heterocycles. The van der Waals surface area contributed by atoms with Crippen molar-refractivity contribution in [2.75, 3.05) is 228 Å². The van der Waals surface area contributed by atoms with Gasteiger partial charge in [0.1, 0.15) is 29.9 Å². The maximum Gasteiger partial charge on any atom is 0.317 e. The largest absolute Gasteiger partial charge is 0.480 e. The number of ether oxygens (including phenoxy) is 4. The number of amides is 7. The van der Waals surface area contributed by atoms with Crippen LogP contribution < -0.4 is 47.9 Å². The molecule has 4 aliphatic rings. The number of Topliss-reactive ketones (excluding diaryl/α,β-unsaturated/α-hetero) is 2. The first-order valence-corrected chi connectivity index (χ1v) is 38.8. The minimum atomic E-state index is -1.86. The summed E-state index contributed by atoms with van der Waals surface area (Å²) in [6.45, 7) is 4.44. The molecule has 11 atom stereocenters. The Bertz CT molecular complexity index is 3400. The van der Waals surface area contributed by atoms with E-state index in [0.717, 1.165) is 0 Å². The van der Waals surface area contributed by atoms with Gasteiger partial charge in [-0.05, 0) is 65.0 Å². The SMILES string of the molecule is CNC(CCC(=O)NCC(C)=O)C(=O)NCC(=O)NC1C(CO)CC(OCCN2CCN(CC(=O)O)CCN(CC(=O)O)CCN(CC(=O)O)CC2)OC1O.CNC(CCC(=O)NCC(C)=O)C(=O)NCC(=O)Nc1ccc(NC(=O)C2OC(OCCN3CCN(CC(=O)O)CCN(CC(=O)O)CCN(CC(=O)O)CC3)C(O)C(O)C2O)cc1.[Gd].[Gd]. The third-order valence-corrected chi connectivity index (χ3v) is 19.4. The van der Waals surface area contributed by atoms with E-state index in [2.05, 4.69) is 47.9 Å². The summed E-state index contributed by atoms with van der Waals surface area (Å²) in [5.41, 5.74) is 0.502. The number of carbonyl (C=O) groups is 15. The third-order valence-electron chi connectivity index (χ3n) is 19.4. The van der Waals surface area contributed by atoms with Gasteiger partial charge in [0.15, 0.2) is 25.0 Å². The first-order valence-electron chi connectivity index (χ1n) is 38.8. The molecular weight excluding hydrogens is 1900 g/mol. The first-order chi connectivity index (χ1) is 56.4. The van der Waals surface area contributed by atoms with Crippen LogP contribution in [-0.2, 0) is 90.9 Å². The molecule has 5 rings (SSSR count). The molecule has 1 aromatic carbocycles. The fourth-order valence-electron chi connectivity index (χ4n) is 12.8. The van der Waals surface area contributed by atoms with Crippen LogP contribution in [0.5, 0.6) is 0 Å². The summed E-state index contributed by atoms with van der Waals surface area (Å²) in [6, 6.07) is 3.14. The summed E-state index contributed by atoms with van der Waals surface area (Å²) in [4.78, 5) is 193. The van der Waals surface area contributed by atoms with Gasteiger partial charge in [0.05, 0.1) is 96.8 Å². The Morgan fingerprint density at radius 3 is 1.11 bits per heavy atom. The van der Waals surface area contributed by atoms with Gasteiger partial charge in [-0.1, -0.05) is 0 Å². The van der Waals surface area contributed by atoms with Crippen LogP contribution in [0.3, 0.4) is 0 Å². The van der Waals surface area contributed by atoms with Crippen LogP contribution in [0, 0.1) is 85.8 Å². The van der Waals surface area contributed by atoms with Gasteiger partial charge in [-0.2, -0.15) is 0 Å². The van der Waals surface area contributed by atoms with Crippen molar-refractivity contribution in [2.45, 2.75) is 107 Å². The maximum absolute atomic E-state index is 13.3. The Morgan fingerprint density at radius 2 is 0.769 bits per heavy atom. The number of rotatable bonds is 43. The van der Waals surface area contributed by atoms with Crippen LogP contribution in [0.4, 0.5) is 11.4 Å². The molecule has 4 fully saturated rings. The topological polar surface area (TPSA) is 650 Å². The number of nitrogens with zero attached hydrogens (tertiary/aromatic N) is 8. The van der Waals surface area contributed by atoms with Crippen LogP contribution >= 0.6 is 0 Å². The van der Waals surface area contributed by atoms with E-state index in [-0.39, 0.29) is 267 Å². The second kappa shape index (κ2) is 60.2. The molecule has 47 nitrogen and oxygen atoms in total. The fourth-order valence-corrected chi connectivity index (χ4v) is 12.8. The average molecular weight is 2020 g/mol. The van der Waals surface area contributed by atoms with Crippen molar-refractivity contribution in [3.63, 3.8) is 0 Å². The van der Waals surface area contributed by atoms with Gasteiger partial charge in [-0.25, -0.2) is 0 Å². The van der Waals surface area contributed by atoms with Crippen molar-refractivity contribution in [3.8, 4) is 0 Å². The van der Waals surface area contributed by atoms with Crippen molar-refractivity contribution in [1.29, 1.82) is 0 Å². The first kappa shape index (κ1) is 111. The minimum Gasteiger partial charge on any atom is -0.480 e. The van der Waals surface area contributed by atoms with Gasteiger partial charge < -0.3 is 123 Å². The number of likely N-dealkylation sites (N-methyl/N-ethyl adjacent to an activating group) is 2. The Balaban J connectivity index is 0.000000816. The van der Waals surface area contributed by atoms with Gasteiger partial charge in [0.2, 0.25) is 35.4 Å².